The lowest BCUT2D eigenvalue weighted by atomic mass is 9.99. The zero-order valence-corrected chi connectivity index (χ0v) is 25.4. The molecule has 0 saturated carbocycles. The number of nitrogens with one attached hydrogen (secondary N) is 1. The van der Waals surface area contributed by atoms with Crippen LogP contribution < -0.4 is 11.1 Å². The first-order chi connectivity index (χ1) is 21.7. The number of halogens is 1. The van der Waals surface area contributed by atoms with Gasteiger partial charge in [-0.15, -0.1) is 6.58 Å². The molecule has 11 nitrogen and oxygen atoms in total. The van der Waals surface area contributed by atoms with Gasteiger partial charge in [-0.1, -0.05) is 53.8 Å². The van der Waals surface area contributed by atoms with Gasteiger partial charge in [0, 0.05) is 19.5 Å². The van der Waals surface area contributed by atoms with Gasteiger partial charge in [0.25, 0.3) is 0 Å². The van der Waals surface area contributed by atoms with Gasteiger partial charge in [0.05, 0.1) is 29.9 Å². The zero-order valence-electron chi connectivity index (χ0n) is 24.6. The number of amides is 4. The monoisotopic (exact) mass is 631 g/mol. The normalized spacial score (nSPS) is 20.0. The fourth-order valence-corrected chi connectivity index (χ4v) is 6.90. The summed E-state index contributed by atoms with van der Waals surface area (Å²) in [6.45, 7) is 4.40. The molecule has 0 radical (unpaired) electrons. The van der Waals surface area contributed by atoms with Crippen LogP contribution in [-0.4, -0.2) is 86.1 Å². The Hall–Kier alpha value is -4.75. The van der Waals surface area contributed by atoms with Crippen molar-refractivity contribution < 1.29 is 23.9 Å². The third kappa shape index (κ3) is 6.13. The number of fused-ring (bicyclic) bond motifs is 2. The second-order valence-corrected chi connectivity index (χ2v) is 12.2. The van der Waals surface area contributed by atoms with Crippen molar-refractivity contribution in [2.24, 2.45) is 0 Å². The Morgan fingerprint density at radius 1 is 1.22 bits per heavy atom. The second kappa shape index (κ2) is 12.7. The predicted molar refractivity (Wildman–Crippen MR) is 169 cm³/mol. The van der Waals surface area contributed by atoms with Crippen molar-refractivity contribution in [3.63, 3.8) is 0 Å². The lowest BCUT2D eigenvalue weighted by Gasteiger charge is -2.46. The topological polar surface area (TPSA) is 135 Å². The standard InChI is InChI=1S/C32H34FN7O4S/c1-2-14-38(32(44)35-16-21-6-4-3-5-7-21)39-19-27(42)40-25(15-20-8-11-23(41)12-9-20)30(43)37(18-26(39)40)17-22-10-13-24(33)29-28(22)36-31(34)45-29/h2,4,6-13,25-26,41H,1,3,5,14-19H2,(H2,34,36)(H,35,44)/t25-,26-/m1/s1. The highest BCUT2D eigenvalue weighted by atomic mass is 32.1. The molecule has 2 aromatic carbocycles. The number of piperazine rings is 1. The number of carbonyl (C=O) groups is 3. The molecule has 45 heavy (non-hydrogen) atoms. The molecular weight excluding hydrogens is 597 g/mol. The molecule has 6 rings (SSSR count). The largest absolute Gasteiger partial charge is 0.508 e. The molecule has 234 valence electrons. The first-order valence-corrected chi connectivity index (χ1v) is 15.5. The van der Waals surface area contributed by atoms with Gasteiger partial charge >= 0.3 is 6.03 Å². The number of phenols is 1. The van der Waals surface area contributed by atoms with Crippen molar-refractivity contribution in [2.45, 2.75) is 38.0 Å². The van der Waals surface area contributed by atoms with E-state index in [0.717, 1.165) is 35.3 Å². The van der Waals surface area contributed by atoms with Crippen molar-refractivity contribution in [3.05, 3.63) is 89.8 Å². The summed E-state index contributed by atoms with van der Waals surface area (Å²) in [7, 11) is 0. The molecule has 2 fully saturated rings. The SMILES string of the molecule is C=CCN(C(=O)NCC1=CCCC=C1)N1CC(=O)N2[C@H](Cc3ccc(O)cc3)C(=O)N(Cc3ccc(F)c4sc(N)nc34)C[C@@H]21. The van der Waals surface area contributed by atoms with Crippen LogP contribution in [0, 0.1) is 5.82 Å². The molecule has 0 bridgehead atoms. The van der Waals surface area contributed by atoms with Crippen LogP contribution in [0.2, 0.25) is 0 Å². The van der Waals surface area contributed by atoms with Gasteiger partial charge in [-0.2, -0.15) is 5.01 Å². The number of hydrazine groups is 1. The van der Waals surface area contributed by atoms with Crippen molar-refractivity contribution in [1.82, 2.24) is 30.1 Å². The number of nitrogens with zero attached hydrogens (tertiary/aromatic N) is 5. The molecule has 3 heterocycles. The number of nitrogens with two attached hydrogens (primary N) is 1. The highest BCUT2D eigenvalue weighted by Crippen LogP contribution is 2.33. The summed E-state index contributed by atoms with van der Waals surface area (Å²) in [6, 6.07) is 8.15. The number of nitrogen functional groups attached to an aromatic ring is 1. The van der Waals surface area contributed by atoms with Crippen LogP contribution in [0.4, 0.5) is 14.3 Å². The van der Waals surface area contributed by atoms with Crippen LogP contribution in [0.5, 0.6) is 5.75 Å². The Bertz CT molecular complexity index is 1710. The molecule has 0 unspecified atom stereocenters. The van der Waals surface area contributed by atoms with Gasteiger partial charge in [-0.3, -0.25) is 14.6 Å². The summed E-state index contributed by atoms with van der Waals surface area (Å²) in [6.07, 6.45) is 9.15. The number of rotatable bonds is 9. The molecule has 2 aliphatic heterocycles. The minimum Gasteiger partial charge on any atom is -0.508 e. The van der Waals surface area contributed by atoms with Gasteiger partial charge in [-0.25, -0.2) is 14.2 Å². The van der Waals surface area contributed by atoms with Crippen molar-refractivity contribution >= 4 is 44.5 Å². The summed E-state index contributed by atoms with van der Waals surface area (Å²) in [5.74, 6) is -0.925. The van der Waals surface area contributed by atoms with E-state index < -0.39 is 18.0 Å². The fraction of sp³-hybridized carbons (Fsp3) is 0.312. The third-order valence-corrected chi connectivity index (χ3v) is 9.14. The van der Waals surface area contributed by atoms with E-state index in [1.807, 2.05) is 6.08 Å². The van der Waals surface area contributed by atoms with E-state index in [2.05, 4.69) is 29.0 Å². The Balaban J connectivity index is 1.32. The summed E-state index contributed by atoms with van der Waals surface area (Å²) >= 11 is 1.04. The molecule has 13 heteroatoms. The second-order valence-electron chi connectivity index (χ2n) is 11.2. The number of allylic oxidation sites excluding steroid dienone is 2. The minimum absolute atomic E-state index is 0.0880. The van der Waals surface area contributed by atoms with Crippen molar-refractivity contribution in [1.29, 1.82) is 0 Å². The number of aromatic nitrogens is 1. The highest BCUT2D eigenvalue weighted by Gasteiger charge is 2.52. The van der Waals surface area contributed by atoms with E-state index in [9.17, 15) is 23.9 Å². The number of hydrogen-bond donors (Lipinski definition) is 3. The average molecular weight is 632 g/mol. The van der Waals surface area contributed by atoms with E-state index in [4.69, 9.17) is 5.73 Å². The summed E-state index contributed by atoms with van der Waals surface area (Å²) < 4.78 is 14.9. The Kier molecular flexibility index (Phi) is 8.55. The zero-order chi connectivity index (χ0) is 31.7. The van der Waals surface area contributed by atoms with Crippen LogP contribution in [0.25, 0.3) is 10.2 Å². The fourth-order valence-electron chi connectivity index (χ4n) is 6.12. The molecule has 1 aliphatic carbocycles. The van der Waals surface area contributed by atoms with Crippen molar-refractivity contribution in [2.75, 3.05) is 31.9 Å². The Morgan fingerprint density at radius 2 is 2.02 bits per heavy atom. The van der Waals surface area contributed by atoms with E-state index in [1.54, 1.807) is 39.1 Å². The van der Waals surface area contributed by atoms with E-state index in [-0.39, 0.29) is 61.3 Å². The molecular formula is C32H34FN7O4S. The number of benzene rings is 2. The van der Waals surface area contributed by atoms with Gasteiger partial charge in [-0.05, 0) is 47.7 Å². The molecule has 0 spiro atoms. The molecule has 2 saturated heterocycles. The van der Waals surface area contributed by atoms with E-state index in [1.165, 1.54) is 23.2 Å². The summed E-state index contributed by atoms with van der Waals surface area (Å²) in [4.78, 5) is 48.8. The number of carbonyl (C=O) groups excluding carboxylic acids is 3. The van der Waals surface area contributed by atoms with Gasteiger partial charge in [0.2, 0.25) is 11.8 Å². The van der Waals surface area contributed by atoms with E-state index >= 15 is 0 Å². The number of phenolic OH excluding ortho intramolecular Hbond substituents is 1. The molecule has 4 amide bonds. The maximum Gasteiger partial charge on any atom is 0.332 e. The summed E-state index contributed by atoms with van der Waals surface area (Å²) in [5, 5.41) is 16.1. The predicted octanol–water partition coefficient (Wildman–Crippen LogP) is 3.54. The lowest BCUT2D eigenvalue weighted by molar-refractivity contribution is -0.157. The third-order valence-electron chi connectivity index (χ3n) is 8.25. The van der Waals surface area contributed by atoms with Crippen LogP contribution in [0.1, 0.15) is 24.0 Å². The smallest absolute Gasteiger partial charge is 0.332 e. The lowest BCUT2D eigenvalue weighted by Crippen LogP contribution is -2.66. The maximum atomic E-state index is 14.6. The van der Waals surface area contributed by atoms with Crippen molar-refractivity contribution in [3.8, 4) is 5.75 Å². The molecule has 3 aliphatic rings. The summed E-state index contributed by atoms with van der Waals surface area (Å²) in [5.41, 5.74) is 8.67. The number of anilines is 1. The van der Waals surface area contributed by atoms with Crippen LogP contribution in [0.15, 0.2) is 72.9 Å². The van der Waals surface area contributed by atoms with Gasteiger partial charge in [0.15, 0.2) is 5.13 Å². The highest BCUT2D eigenvalue weighted by molar-refractivity contribution is 7.22. The number of hydrogen-bond acceptors (Lipinski definition) is 8. The van der Waals surface area contributed by atoms with Crippen LogP contribution in [0.3, 0.4) is 0 Å². The van der Waals surface area contributed by atoms with Gasteiger partial charge in [0.1, 0.15) is 23.8 Å². The maximum absolute atomic E-state index is 14.6. The van der Waals surface area contributed by atoms with Crippen LogP contribution >= 0.6 is 11.3 Å². The number of thiazole rings is 1. The first-order valence-electron chi connectivity index (χ1n) is 14.7. The molecule has 3 aromatic rings. The molecule has 2 atom stereocenters. The molecule has 4 N–H and O–H groups in total. The quantitative estimate of drug-likeness (QED) is 0.308. The number of aromatic hydroxyl groups is 1. The van der Waals surface area contributed by atoms with Crippen LogP contribution in [-0.2, 0) is 22.6 Å². The minimum atomic E-state index is -0.881. The Labute approximate surface area is 263 Å². The van der Waals surface area contributed by atoms with Gasteiger partial charge < -0.3 is 26.0 Å². The first kappa shape index (κ1) is 30.3. The number of urea groups is 1. The Morgan fingerprint density at radius 3 is 2.76 bits per heavy atom. The van der Waals surface area contributed by atoms with E-state index in [0.29, 0.717) is 22.3 Å². The molecule has 1 aromatic heterocycles. The average Bonchev–Trinajstić information content (AvgIpc) is 3.59.